The lowest BCUT2D eigenvalue weighted by molar-refractivity contribution is 0.128. The molecule has 18 heavy (non-hydrogen) atoms. The molecule has 0 radical (unpaired) electrons. The summed E-state index contributed by atoms with van der Waals surface area (Å²) in [5, 5.41) is 3.45. The molecule has 3 heteroatoms. The van der Waals surface area contributed by atoms with Gasteiger partial charge in [0.1, 0.15) is 0 Å². The van der Waals surface area contributed by atoms with E-state index in [1.54, 1.807) is 0 Å². The van der Waals surface area contributed by atoms with Crippen LogP contribution in [0.3, 0.4) is 0 Å². The van der Waals surface area contributed by atoms with E-state index in [-0.39, 0.29) is 0 Å². The van der Waals surface area contributed by atoms with Gasteiger partial charge in [0, 0.05) is 35.8 Å². The van der Waals surface area contributed by atoms with Gasteiger partial charge in [0.05, 0.1) is 0 Å². The van der Waals surface area contributed by atoms with E-state index in [1.807, 2.05) is 0 Å². The predicted octanol–water partition coefficient (Wildman–Crippen LogP) is 3.28. The highest BCUT2D eigenvalue weighted by Crippen LogP contribution is 2.31. The van der Waals surface area contributed by atoms with Crippen LogP contribution >= 0.6 is 22.6 Å². The lowest BCUT2D eigenvalue weighted by Crippen LogP contribution is -2.46. The zero-order valence-electron chi connectivity index (χ0n) is 11.3. The highest BCUT2D eigenvalue weighted by Gasteiger charge is 2.26. The topological polar surface area (TPSA) is 15.3 Å². The summed E-state index contributed by atoms with van der Waals surface area (Å²) in [5.41, 5.74) is 1.48. The molecule has 1 aliphatic rings. The third-order valence-corrected chi connectivity index (χ3v) is 4.59. The Hall–Kier alpha value is -0.130. The Balaban J connectivity index is 2.23. The van der Waals surface area contributed by atoms with Crippen molar-refractivity contribution in [2.24, 2.45) is 5.92 Å². The lowest BCUT2D eigenvalue weighted by atomic mass is 9.90. The predicted molar refractivity (Wildman–Crippen MR) is 85.8 cm³/mol. The number of hydrogen-bond donors (Lipinski definition) is 1. The van der Waals surface area contributed by atoms with E-state index >= 15 is 0 Å². The van der Waals surface area contributed by atoms with Crippen molar-refractivity contribution in [2.45, 2.75) is 26.3 Å². The maximum Gasteiger partial charge on any atom is 0.0375 e. The second-order valence-corrected chi connectivity index (χ2v) is 6.42. The molecule has 0 aliphatic carbocycles. The first kappa shape index (κ1) is 14.3. The number of benzene rings is 1. The standard InChI is InChI=1S/C15H23IN2/c1-3-12(2)15(18-9-7-17-8-10-18)13-5-4-6-14(16)11-13/h4-6,11-12,15,17H,3,7-10H2,1-2H3/t12?,15-/m0/s1. The van der Waals surface area contributed by atoms with Gasteiger partial charge in [-0.15, -0.1) is 0 Å². The normalized spacial score (nSPS) is 20.6. The molecule has 1 unspecified atom stereocenters. The Kier molecular flexibility index (Phi) is 5.45. The summed E-state index contributed by atoms with van der Waals surface area (Å²) >= 11 is 2.41. The van der Waals surface area contributed by atoms with Crippen LogP contribution in [0.5, 0.6) is 0 Å². The average molecular weight is 358 g/mol. The molecule has 0 bridgehead atoms. The van der Waals surface area contributed by atoms with Gasteiger partial charge in [0.2, 0.25) is 0 Å². The van der Waals surface area contributed by atoms with Crippen LogP contribution in [0.25, 0.3) is 0 Å². The van der Waals surface area contributed by atoms with Crippen molar-refractivity contribution < 1.29 is 0 Å². The van der Waals surface area contributed by atoms with E-state index in [2.05, 4.69) is 70.9 Å². The van der Waals surface area contributed by atoms with E-state index in [9.17, 15) is 0 Å². The first-order valence-corrected chi connectivity index (χ1v) is 8.00. The van der Waals surface area contributed by atoms with Gasteiger partial charge < -0.3 is 5.32 Å². The molecule has 1 fully saturated rings. The highest BCUT2D eigenvalue weighted by molar-refractivity contribution is 14.1. The molecular formula is C15H23IN2. The summed E-state index contributed by atoms with van der Waals surface area (Å²) in [6, 6.07) is 9.58. The molecule has 0 saturated carbocycles. The lowest BCUT2D eigenvalue weighted by Gasteiger charge is -2.38. The van der Waals surface area contributed by atoms with Crippen LogP contribution in [-0.2, 0) is 0 Å². The van der Waals surface area contributed by atoms with Crippen LogP contribution in [0.2, 0.25) is 0 Å². The third-order valence-electron chi connectivity index (χ3n) is 3.92. The molecule has 1 aliphatic heterocycles. The number of halogens is 1. The number of nitrogens with zero attached hydrogens (tertiary/aromatic N) is 1. The summed E-state index contributed by atoms with van der Waals surface area (Å²) in [5.74, 6) is 0.710. The summed E-state index contributed by atoms with van der Waals surface area (Å²) in [7, 11) is 0. The summed E-state index contributed by atoms with van der Waals surface area (Å²) < 4.78 is 1.34. The smallest absolute Gasteiger partial charge is 0.0375 e. The second kappa shape index (κ2) is 6.87. The molecule has 0 spiro atoms. The van der Waals surface area contributed by atoms with Gasteiger partial charge in [0.25, 0.3) is 0 Å². The molecule has 1 aromatic rings. The van der Waals surface area contributed by atoms with Gasteiger partial charge in [-0.3, -0.25) is 4.90 Å². The fourth-order valence-electron chi connectivity index (χ4n) is 2.77. The van der Waals surface area contributed by atoms with Crippen molar-refractivity contribution in [2.75, 3.05) is 26.2 Å². The fraction of sp³-hybridized carbons (Fsp3) is 0.600. The SMILES string of the molecule is CCC(C)[C@@H](c1cccc(I)c1)N1CCNCC1. The summed E-state index contributed by atoms with van der Waals surface area (Å²) in [6.45, 7) is 9.26. The number of rotatable bonds is 4. The molecule has 100 valence electrons. The molecule has 1 aromatic carbocycles. The Morgan fingerprint density at radius 3 is 2.67 bits per heavy atom. The van der Waals surface area contributed by atoms with Gasteiger partial charge in [-0.25, -0.2) is 0 Å². The fourth-order valence-corrected chi connectivity index (χ4v) is 3.34. The minimum Gasteiger partial charge on any atom is -0.314 e. The van der Waals surface area contributed by atoms with Crippen LogP contribution < -0.4 is 5.32 Å². The van der Waals surface area contributed by atoms with Crippen LogP contribution in [0.1, 0.15) is 31.9 Å². The van der Waals surface area contributed by atoms with E-state index in [1.165, 1.54) is 28.6 Å². The van der Waals surface area contributed by atoms with Gasteiger partial charge in [-0.2, -0.15) is 0 Å². The quantitative estimate of drug-likeness (QED) is 0.831. The Morgan fingerprint density at radius 2 is 2.06 bits per heavy atom. The highest BCUT2D eigenvalue weighted by atomic mass is 127. The molecule has 1 heterocycles. The zero-order valence-corrected chi connectivity index (χ0v) is 13.5. The Morgan fingerprint density at radius 1 is 1.33 bits per heavy atom. The van der Waals surface area contributed by atoms with Gasteiger partial charge in [-0.05, 0) is 46.2 Å². The molecule has 0 amide bonds. The van der Waals surface area contributed by atoms with Gasteiger partial charge in [0.15, 0.2) is 0 Å². The van der Waals surface area contributed by atoms with E-state index < -0.39 is 0 Å². The van der Waals surface area contributed by atoms with E-state index in [0.717, 1.165) is 13.1 Å². The summed E-state index contributed by atoms with van der Waals surface area (Å²) in [4.78, 5) is 2.65. The van der Waals surface area contributed by atoms with Crippen LogP contribution in [0.15, 0.2) is 24.3 Å². The monoisotopic (exact) mass is 358 g/mol. The van der Waals surface area contributed by atoms with Crippen molar-refractivity contribution >= 4 is 22.6 Å². The molecule has 1 saturated heterocycles. The zero-order chi connectivity index (χ0) is 13.0. The second-order valence-electron chi connectivity index (χ2n) is 5.17. The maximum absolute atomic E-state index is 3.45. The summed E-state index contributed by atoms with van der Waals surface area (Å²) in [6.07, 6.45) is 1.24. The first-order chi connectivity index (χ1) is 8.72. The van der Waals surface area contributed by atoms with E-state index in [0.29, 0.717) is 12.0 Å². The molecule has 1 N–H and O–H groups in total. The van der Waals surface area contributed by atoms with Crippen molar-refractivity contribution in [1.29, 1.82) is 0 Å². The number of piperazine rings is 1. The minimum atomic E-state index is 0.576. The number of nitrogens with one attached hydrogen (secondary N) is 1. The minimum absolute atomic E-state index is 0.576. The third kappa shape index (κ3) is 3.45. The molecule has 2 rings (SSSR count). The van der Waals surface area contributed by atoms with Crippen LogP contribution in [0, 0.1) is 9.49 Å². The average Bonchev–Trinajstić information content (AvgIpc) is 2.40. The van der Waals surface area contributed by atoms with Crippen LogP contribution in [-0.4, -0.2) is 31.1 Å². The molecule has 2 nitrogen and oxygen atoms in total. The van der Waals surface area contributed by atoms with Gasteiger partial charge in [-0.1, -0.05) is 32.4 Å². The molecule has 2 atom stereocenters. The van der Waals surface area contributed by atoms with Crippen LogP contribution in [0.4, 0.5) is 0 Å². The van der Waals surface area contributed by atoms with Gasteiger partial charge >= 0.3 is 0 Å². The first-order valence-electron chi connectivity index (χ1n) is 6.92. The Bertz CT molecular complexity index is 375. The van der Waals surface area contributed by atoms with Crippen molar-refractivity contribution in [3.63, 3.8) is 0 Å². The van der Waals surface area contributed by atoms with Crippen molar-refractivity contribution in [3.05, 3.63) is 33.4 Å². The largest absolute Gasteiger partial charge is 0.314 e. The molecular weight excluding hydrogens is 335 g/mol. The molecule has 0 aromatic heterocycles. The number of hydrogen-bond acceptors (Lipinski definition) is 2. The van der Waals surface area contributed by atoms with Crippen molar-refractivity contribution in [3.8, 4) is 0 Å². The Labute approximate surface area is 124 Å². The van der Waals surface area contributed by atoms with E-state index in [4.69, 9.17) is 0 Å². The van der Waals surface area contributed by atoms with Crippen molar-refractivity contribution in [1.82, 2.24) is 10.2 Å². The maximum atomic E-state index is 3.45.